The molecule has 2 unspecified atom stereocenters. The standard InChI is InChI=1S/C15H19NO/c1-4-12(3)16-14-9-6-10-17-15-11(2)7-5-8-13(14)15/h1,5,7-8,12,14,16H,6,9-10H2,2-3H3. The van der Waals surface area contributed by atoms with Gasteiger partial charge in [0.15, 0.2) is 0 Å². The normalized spacial score (nSPS) is 20.6. The van der Waals surface area contributed by atoms with Crippen molar-refractivity contribution in [3.05, 3.63) is 29.3 Å². The molecule has 1 aromatic carbocycles. The Labute approximate surface area is 103 Å². The molecular formula is C15H19NO. The number of ether oxygens (including phenoxy) is 1. The molecular weight excluding hydrogens is 210 g/mol. The van der Waals surface area contributed by atoms with Crippen LogP contribution < -0.4 is 10.1 Å². The number of nitrogens with one attached hydrogen (secondary N) is 1. The summed E-state index contributed by atoms with van der Waals surface area (Å²) in [5.41, 5.74) is 2.44. The first-order valence-electron chi connectivity index (χ1n) is 6.17. The summed E-state index contributed by atoms with van der Waals surface area (Å²) in [5.74, 6) is 3.76. The van der Waals surface area contributed by atoms with Crippen molar-refractivity contribution in [2.24, 2.45) is 0 Å². The Morgan fingerprint density at radius 2 is 2.35 bits per heavy atom. The molecule has 90 valence electrons. The van der Waals surface area contributed by atoms with Gasteiger partial charge in [-0.1, -0.05) is 24.1 Å². The molecule has 1 aliphatic heterocycles. The molecule has 0 saturated heterocycles. The lowest BCUT2D eigenvalue weighted by atomic mass is 9.99. The van der Waals surface area contributed by atoms with E-state index in [1.165, 1.54) is 11.1 Å². The molecule has 17 heavy (non-hydrogen) atoms. The fourth-order valence-corrected chi connectivity index (χ4v) is 2.29. The van der Waals surface area contributed by atoms with Crippen molar-refractivity contribution in [1.82, 2.24) is 5.32 Å². The van der Waals surface area contributed by atoms with Crippen LogP contribution in [0, 0.1) is 19.3 Å². The Morgan fingerprint density at radius 3 is 3.12 bits per heavy atom. The summed E-state index contributed by atoms with van der Waals surface area (Å²) in [6.07, 6.45) is 7.56. The van der Waals surface area contributed by atoms with Gasteiger partial charge in [-0.15, -0.1) is 6.42 Å². The van der Waals surface area contributed by atoms with Gasteiger partial charge in [0, 0.05) is 11.6 Å². The summed E-state index contributed by atoms with van der Waals surface area (Å²) in [6, 6.07) is 6.70. The molecule has 0 bridgehead atoms. The number of aryl methyl sites for hydroxylation is 1. The van der Waals surface area contributed by atoms with E-state index in [1.54, 1.807) is 0 Å². The highest BCUT2D eigenvalue weighted by Gasteiger charge is 2.21. The van der Waals surface area contributed by atoms with E-state index in [4.69, 9.17) is 11.2 Å². The van der Waals surface area contributed by atoms with Gasteiger partial charge in [-0.3, -0.25) is 5.32 Å². The zero-order valence-corrected chi connectivity index (χ0v) is 10.5. The van der Waals surface area contributed by atoms with Crippen LogP contribution in [0.5, 0.6) is 5.75 Å². The predicted octanol–water partition coefficient (Wildman–Crippen LogP) is 2.82. The minimum atomic E-state index is 0.0893. The molecule has 2 heteroatoms. The average Bonchev–Trinajstić information content (AvgIpc) is 2.53. The van der Waals surface area contributed by atoms with Crippen molar-refractivity contribution < 1.29 is 4.74 Å². The van der Waals surface area contributed by atoms with Gasteiger partial charge in [0.2, 0.25) is 0 Å². The molecule has 0 radical (unpaired) electrons. The largest absolute Gasteiger partial charge is 0.493 e. The van der Waals surface area contributed by atoms with E-state index >= 15 is 0 Å². The van der Waals surface area contributed by atoms with Gasteiger partial charge < -0.3 is 4.74 Å². The number of hydrogen-bond acceptors (Lipinski definition) is 2. The Kier molecular flexibility index (Phi) is 3.71. The molecule has 2 nitrogen and oxygen atoms in total. The second kappa shape index (κ2) is 5.25. The number of benzene rings is 1. The molecule has 1 N–H and O–H groups in total. The average molecular weight is 229 g/mol. The Morgan fingerprint density at radius 1 is 1.53 bits per heavy atom. The molecule has 0 fully saturated rings. The van der Waals surface area contributed by atoms with Crippen molar-refractivity contribution in [1.29, 1.82) is 0 Å². The first kappa shape index (κ1) is 12.0. The van der Waals surface area contributed by atoms with Crippen LogP contribution in [-0.4, -0.2) is 12.6 Å². The van der Waals surface area contributed by atoms with Crippen LogP contribution in [0.4, 0.5) is 0 Å². The number of terminal acetylenes is 1. The van der Waals surface area contributed by atoms with Crippen molar-refractivity contribution >= 4 is 0 Å². The number of para-hydroxylation sites is 1. The summed E-state index contributed by atoms with van der Waals surface area (Å²) in [6.45, 7) is 4.90. The quantitative estimate of drug-likeness (QED) is 0.787. The monoisotopic (exact) mass is 229 g/mol. The molecule has 2 rings (SSSR count). The van der Waals surface area contributed by atoms with E-state index in [0.29, 0.717) is 6.04 Å². The third-order valence-corrected chi connectivity index (χ3v) is 3.20. The summed E-state index contributed by atoms with van der Waals surface area (Å²) in [4.78, 5) is 0. The Balaban J connectivity index is 2.31. The first-order valence-corrected chi connectivity index (χ1v) is 6.17. The maximum atomic E-state index is 5.83. The van der Waals surface area contributed by atoms with Gasteiger partial charge >= 0.3 is 0 Å². The Hall–Kier alpha value is -1.46. The molecule has 0 aromatic heterocycles. The maximum Gasteiger partial charge on any atom is 0.126 e. The lowest BCUT2D eigenvalue weighted by Crippen LogP contribution is -2.29. The molecule has 0 spiro atoms. The van der Waals surface area contributed by atoms with Crippen molar-refractivity contribution in [2.75, 3.05) is 6.61 Å². The molecule has 0 aliphatic carbocycles. The number of fused-ring (bicyclic) bond motifs is 1. The van der Waals surface area contributed by atoms with Crippen LogP contribution in [0.1, 0.15) is 36.9 Å². The minimum Gasteiger partial charge on any atom is -0.493 e. The zero-order chi connectivity index (χ0) is 12.3. The third-order valence-electron chi connectivity index (χ3n) is 3.20. The minimum absolute atomic E-state index is 0.0893. The number of hydrogen-bond donors (Lipinski definition) is 1. The summed E-state index contributed by atoms with van der Waals surface area (Å²) in [7, 11) is 0. The van der Waals surface area contributed by atoms with Crippen molar-refractivity contribution in [3.63, 3.8) is 0 Å². The molecule has 1 aliphatic rings. The fourth-order valence-electron chi connectivity index (χ4n) is 2.29. The van der Waals surface area contributed by atoms with Crippen LogP contribution in [-0.2, 0) is 0 Å². The van der Waals surface area contributed by atoms with E-state index in [2.05, 4.69) is 36.4 Å². The summed E-state index contributed by atoms with van der Waals surface area (Å²) >= 11 is 0. The maximum absolute atomic E-state index is 5.83. The van der Waals surface area contributed by atoms with E-state index in [1.807, 2.05) is 6.92 Å². The van der Waals surface area contributed by atoms with Gasteiger partial charge in [-0.05, 0) is 32.3 Å². The highest BCUT2D eigenvalue weighted by Crippen LogP contribution is 2.34. The van der Waals surface area contributed by atoms with Crippen LogP contribution in [0.2, 0.25) is 0 Å². The Bertz CT molecular complexity index is 433. The lowest BCUT2D eigenvalue weighted by Gasteiger charge is -2.21. The topological polar surface area (TPSA) is 21.3 Å². The van der Waals surface area contributed by atoms with E-state index < -0.39 is 0 Å². The van der Waals surface area contributed by atoms with Crippen LogP contribution >= 0.6 is 0 Å². The van der Waals surface area contributed by atoms with Crippen LogP contribution in [0.15, 0.2) is 18.2 Å². The molecule has 1 aromatic rings. The van der Waals surface area contributed by atoms with E-state index in [0.717, 1.165) is 25.2 Å². The lowest BCUT2D eigenvalue weighted by molar-refractivity contribution is 0.313. The van der Waals surface area contributed by atoms with Gasteiger partial charge in [0.25, 0.3) is 0 Å². The van der Waals surface area contributed by atoms with E-state index in [9.17, 15) is 0 Å². The van der Waals surface area contributed by atoms with Crippen molar-refractivity contribution in [2.45, 2.75) is 38.8 Å². The zero-order valence-electron chi connectivity index (χ0n) is 10.5. The second-order valence-electron chi connectivity index (χ2n) is 4.59. The highest BCUT2D eigenvalue weighted by atomic mass is 16.5. The summed E-state index contributed by atoms with van der Waals surface area (Å²) < 4.78 is 5.83. The van der Waals surface area contributed by atoms with Gasteiger partial charge in [-0.25, -0.2) is 0 Å². The molecule has 0 amide bonds. The highest BCUT2D eigenvalue weighted by molar-refractivity contribution is 5.43. The second-order valence-corrected chi connectivity index (χ2v) is 4.59. The first-order chi connectivity index (χ1) is 8.22. The van der Waals surface area contributed by atoms with Gasteiger partial charge in [0.05, 0.1) is 12.6 Å². The predicted molar refractivity (Wildman–Crippen MR) is 70.1 cm³/mol. The van der Waals surface area contributed by atoms with E-state index in [-0.39, 0.29) is 6.04 Å². The SMILES string of the molecule is C#CC(C)NC1CCCOc2c(C)cccc21. The summed E-state index contributed by atoms with van der Waals surface area (Å²) in [5, 5.41) is 3.48. The fraction of sp³-hybridized carbons (Fsp3) is 0.467. The van der Waals surface area contributed by atoms with Gasteiger partial charge in [-0.2, -0.15) is 0 Å². The van der Waals surface area contributed by atoms with Gasteiger partial charge in [0.1, 0.15) is 5.75 Å². The van der Waals surface area contributed by atoms with Crippen molar-refractivity contribution in [3.8, 4) is 18.1 Å². The molecule has 2 atom stereocenters. The molecule has 1 heterocycles. The third kappa shape index (κ3) is 2.62. The van der Waals surface area contributed by atoms with Crippen LogP contribution in [0.3, 0.4) is 0 Å². The molecule has 0 saturated carbocycles. The number of rotatable bonds is 2. The van der Waals surface area contributed by atoms with Crippen LogP contribution in [0.25, 0.3) is 0 Å². The smallest absolute Gasteiger partial charge is 0.126 e.